The minimum Gasteiger partial charge on any atom is -0.371 e. The summed E-state index contributed by atoms with van der Waals surface area (Å²) in [7, 11) is 0. The smallest absolute Gasteiger partial charge is 0.256 e. The zero-order valence-electron chi connectivity index (χ0n) is 16.1. The molecule has 0 unspecified atom stereocenters. The Morgan fingerprint density at radius 3 is 2.18 bits per heavy atom. The lowest BCUT2D eigenvalue weighted by Crippen LogP contribution is -2.49. The first-order valence-electron chi connectivity index (χ1n) is 10.0. The first-order valence-corrected chi connectivity index (χ1v) is 10.4. The van der Waals surface area contributed by atoms with Crippen molar-refractivity contribution in [3.63, 3.8) is 0 Å². The van der Waals surface area contributed by atoms with E-state index >= 15 is 0 Å². The first kappa shape index (κ1) is 19.1. The number of nitrogens with two attached hydrogens (primary N) is 1. The van der Waals surface area contributed by atoms with Gasteiger partial charge in [0.15, 0.2) is 0 Å². The number of piperidine rings is 1. The van der Waals surface area contributed by atoms with Gasteiger partial charge < -0.3 is 20.4 Å². The van der Waals surface area contributed by atoms with Gasteiger partial charge in [-0.1, -0.05) is 23.7 Å². The minimum atomic E-state index is 0.126. The van der Waals surface area contributed by atoms with Crippen LogP contribution in [0.3, 0.4) is 0 Å². The van der Waals surface area contributed by atoms with Gasteiger partial charge in [0.1, 0.15) is 0 Å². The number of hydrogen-bond acceptors (Lipinski definition) is 4. The summed E-state index contributed by atoms with van der Waals surface area (Å²) in [5.41, 5.74) is 9.04. The summed E-state index contributed by atoms with van der Waals surface area (Å²) >= 11 is 5.99. The lowest BCUT2D eigenvalue weighted by atomic mass is 10.0. The lowest BCUT2D eigenvalue weighted by Gasteiger charge is -2.37. The maximum atomic E-state index is 13.3. The number of nitrogens with zero attached hydrogens (tertiary/aromatic N) is 3. The number of para-hydroxylation sites is 1. The SMILES string of the molecule is NC1CCN(c2ccccc2C(=O)N2CCN(c3ccc(Cl)cc3)CC2)CC1. The molecule has 0 atom stereocenters. The van der Waals surface area contributed by atoms with E-state index < -0.39 is 0 Å². The second-order valence-corrected chi connectivity index (χ2v) is 8.03. The van der Waals surface area contributed by atoms with E-state index in [9.17, 15) is 4.79 Å². The standard InChI is InChI=1S/C22H27ClN4O/c23-17-5-7-19(8-6-17)25-13-15-27(16-14-25)22(28)20-3-1-2-4-21(20)26-11-9-18(24)10-12-26/h1-8,18H,9-16,24H2. The van der Waals surface area contributed by atoms with Crippen molar-refractivity contribution in [2.45, 2.75) is 18.9 Å². The van der Waals surface area contributed by atoms with Crippen LogP contribution in [0.25, 0.3) is 0 Å². The Balaban J connectivity index is 1.44. The van der Waals surface area contributed by atoms with Crippen LogP contribution in [-0.2, 0) is 0 Å². The molecule has 0 radical (unpaired) electrons. The summed E-state index contributed by atoms with van der Waals surface area (Å²) in [6.07, 6.45) is 1.95. The molecule has 4 rings (SSSR count). The Labute approximate surface area is 171 Å². The Morgan fingerprint density at radius 2 is 1.50 bits per heavy atom. The molecule has 5 nitrogen and oxygen atoms in total. The van der Waals surface area contributed by atoms with Crippen LogP contribution in [0.2, 0.25) is 5.02 Å². The molecule has 0 saturated carbocycles. The molecule has 2 aromatic carbocycles. The number of hydrogen-bond donors (Lipinski definition) is 1. The van der Waals surface area contributed by atoms with E-state index in [1.165, 1.54) is 0 Å². The van der Waals surface area contributed by atoms with Gasteiger partial charge in [-0.05, 0) is 49.2 Å². The van der Waals surface area contributed by atoms with Crippen molar-refractivity contribution in [2.24, 2.45) is 5.73 Å². The quantitative estimate of drug-likeness (QED) is 0.862. The zero-order valence-corrected chi connectivity index (χ0v) is 16.8. The van der Waals surface area contributed by atoms with Crippen LogP contribution in [-0.4, -0.2) is 56.1 Å². The Morgan fingerprint density at radius 1 is 0.857 bits per heavy atom. The molecule has 28 heavy (non-hydrogen) atoms. The average molecular weight is 399 g/mol. The van der Waals surface area contributed by atoms with Crippen LogP contribution in [0.15, 0.2) is 48.5 Å². The highest BCUT2D eigenvalue weighted by atomic mass is 35.5. The number of piperazine rings is 1. The molecule has 2 N–H and O–H groups in total. The third-order valence-corrected chi connectivity index (χ3v) is 6.03. The molecule has 2 aliphatic heterocycles. The molecule has 1 amide bonds. The Kier molecular flexibility index (Phi) is 5.74. The molecule has 2 aromatic rings. The van der Waals surface area contributed by atoms with Crippen LogP contribution >= 0.6 is 11.6 Å². The van der Waals surface area contributed by atoms with E-state index in [0.29, 0.717) is 0 Å². The van der Waals surface area contributed by atoms with Gasteiger partial charge in [0.05, 0.1) is 5.56 Å². The molecule has 2 saturated heterocycles. The second-order valence-electron chi connectivity index (χ2n) is 7.60. The van der Waals surface area contributed by atoms with Gasteiger partial charge in [0, 0.05) is 61.7 Å². The van der Waals surface area contributed by atoms with Crippen molar-refractivity contribution < 1.29 is 4.79 Å². The number of anilines is 2. The highest BCUT2D eigenvalue weighted by molar-refractivity contribution is 6.30. The molecule has 148 valence electrons. The van der Waals surface area contributed by atoms with Gasteiger partial charge in [-0.25, -0.2) is 0 Å². The molecule has 0 bridgehead atoms. The highest BCUT2D eigenvalue weighted by Crippen LogP contribution is 2.26. The first-order chi connectivity index (χ1) is 13.6. The summed E-state index contributed by atoms with van der Waals surface area (Å²) < 4.78 is 0. The molecular formula is C22H27ClN4O. The van der Waals surface area contributed by atoms with Crippen molar-refractivity contribution in [3.05, 3.63) is 59.1 Å². The van der Waals surface area contributed by atoms with Crippen LogP contribution in [0, 0.1) is 0 Å². The predicted octanol–water partition coefficient (Wildman–Crippen LogP) is 3.23. The zero-order chi connectivity index (χ0) is 19.5. The molecular weight excluding hydrogens is 372 g/mol. The van der Waals surface area contributed by atoms with E-state index in [0.717, 1.165) is 74.1 Å². The predicted molar refractivity (Wildman–Crippen MR) is 115 cm³/mol. The van der Waals surface area contributed by atoms with Gasteiger partial charge in [0.25, 0.3) is 5.91 Å². The summed E-state index contributed by atoms with van der Waals surface area (Å²) in [6, 6.07) is 16.2. The van der Waals surface area contributed by atoms with Crippen molar-refractivity contribution in [1.82, 2.24) is 4.90 Å². The Hall–Kier alpha value is -2.24. The number of carbonyl (C=O) groups is 1. The summed E-state index contributed by atoms with van der Waals surface area (Å²) in [4.78, 5) is 19.8. The minimum absolute atomic E-state index is 0.126. The van der Waals surface area contributed by atoms with Crippen LogP contribution in [0.5, 0.6) is 0 Å². The van der Waals surface area contributed by atoms with Gasteiger partial charge in [0.2, 0.25) is 0 Å². The van der Waals surface area contributed by atoms with E-state index in [4.69, 9.17) is 17.3 Å². The maximum Gasteiger partial charge on any atom is 0.256 e. The fourth-order valence-corrected chi connectivity index (χ4v) is 4.19. The Bertz CT molecular complexity index is 810. The van der Waals surface area contributed by atoms with Crippen molar-refractivity contribution in [2.75, 3.05) is 49.1 Å². The number of amides is 1. The van der Waals surface area contributed by atoms with Gasteiger partial charge >= 0.3 is 0 Å². The summed E-state index contributed by atoms with van der Waals surface area (Å²) in [5, 5.41) is 0.743. The van der Waals surface area contributed by atoms with Crippen LogP contribution in [0.1, 0.15) is 23.2 Å². The molecule has 0 aromatic heterocycles. The largest absolute Gasteiger partial charge is 0.371 e. The van der Waals surface area contributed by atoms with Crippen LogP contribution < -0.4 is 15.5 Å². The number of halogens is 1. The monoisotopic (exact) mass is 398 g/mol. The van der Waals surface area contributed by atoms with E-state index in [1.807, 2.05) is 47.4 Å². The fourth-order valence-electron chi connectivity index (χ4n) is 4.06. The topological polar surface area (TPSA) is 52.8 Å². The molecule has 2 heterocycles. The van der Waals surface area contributed by atoms with Crippen molar-refractivity contribution in [3.8, 4) is 0 Å². The third kappa shape index (κ3) is 4.10. The van der Waals surface area contributed by atoms with E-state index in [-0.39, 0.29) is 11.9 Å². The number of rotatable bonds is 3. The normalized spacial score (nSPS) is 18.4. The fraction of sp³-hybridized carbons (Fsp3) is 0.409. The molecule has 2 aliphatic rings. The van der Waals surface area contributed by atoms with Crippen molar-refractivity contribution in [1.29, 1.82) is 0 Å². The van der Waals surface area contributed by atoms with E-state index in [1.54, 1.807) is 0 Å². The molecule has 0 aliphatic carbocycles. The molecule has 0 spiro atoms. The van der Waals surface area contributed by atoms with Crippen LogP contribution in [0.4, 0.5) is 11.4 Å². The summed E-state index contributed by atoms with van der Waals surface area (Å²) in [5.74, 6) is 0.126. The average Bonchev–Trinajstić information content (AvgIpc) is 2.74. The van der Waals surface area contributed by atoms with Crippen molar-refractivity contribution >= 4 is 28.9 Å². The summed E-state index contributed by atoms with van der Waals surface area (Å²) in [6.45, 7) is 4.93. The number of benzene rings is 2. The third-order valence-electron chi connectivity index (χ3n) is 5.77. The highest BCUT2D eigenvalue weighted by Gasteiger charge is 2.26. The number of carbonyl (C=O) groups excluding carboxylic acids is 1. The van der Waals surface area contributed by atoms with E-state index in [2.05, 4.69) is 15.9 Å². The maximum absolute atomic E-state index is 13.3. The van der Waals surface area contributed by atoms with Gasteiger partial charge in [-0.3, -0.25) is 4.79 Å². The lowest BCUT2D eigenvalue weighted by molar-refractivity contribution is 0.0747. The van der Waals surface area contributed by atoms with Gasteiger partial charge in [-0.2, -0.15) is 0 Å². The molecule has 6 heteroatoms. The second kappa shape index (κ2) is 8.41. The van der Waals surface area contributed by atoms with Gasteiger partial charge in [-0.15, -0.1) is 0 Å². The molecule has 2 fully saturated rings.